The molecule has 134 valence electrons. The number of rotatable bonds is 5. The number of halogens is 1. The summed E-state index contributed by atoms with van der Waals surface area (Å²) in [5.41, 5.74) is 2.17. The minimum absolute atomic E-state index is 0.0125. The molecule has 0 saturated carbocycles. The molecule has 0 spiro atoms. The second kappa shape index (κ2) is 7.12. The fourth-order valence-corrected chi connectivity index (χ4v) is 2.89. The van der Waals surface area contributed by atoms with Crippen LogP contribution in [0.5, 0.6) is 0 Å². The maximum Gasteiger partial charge on any atom is 0.271 e. The smallest absolute Gasteiger partial charge is 0.271 e. The molecule has 0 amide bonds. The van der Waals surface area contributed by atoms with Crippen molar-refractivity contribution in [2.45, 2.75) is 6.54 Å². The molecule has 0 aliphatic rings. The summed E-state index contributed by atoms with van der Waals surface area (Å²) in [6, 6.07) is 14.1. The third-order valence-corrected chi connectivity index (χ3v) is 4.49. The van der Waals surface area contributed by atoms with Crippen LogP contribution in [-0.2, 0) is 6.54 Å². The van der Waals surface area contributed by atoms with E-state index >= 15 is 0 Å². The molecule has 2 heterocycles. The van der Waals surface area contributed by atoms with Crippen molar-refractivity contribution in [1.82, 2.24) is 15.1 Å². The van der Waals surface area contributed by atoms with Crippen molar-refractivity contribution in [3.63, 3.8) is 0 Å². The number of nitro benzene ring substituents is 1. The van der Waals surface area contributed by atoms with E-state index in [0.717, 1.165) is 15.7 Å². The van der Waals surface area contributed by atoms with E-state index in [9.17, 15) is 10.1 Å². The van der Waals surface area contributed by atoms with Crippen LogP contribution < -0.4 is 5.32 Å². The molecule has 0 unspecified atom stereocenters. The molecule has 2 aromatic heterocycles. The Bertz CT molecular complexity index is 1130. The highest BCUT2D eigenvalue weighted by Crippen LogP contribution is 2.25. The third kappa shape index (κ3) is 3.63. The summed E-state index contributed by atoms with van der Waals surface area (Å²) in [5, 5.41) is 18.8. The topological polar surface area (TPSA) is 107 Å². The van der Waals surface area contributed by atoms with E-state index in [2.05, 4.69) is 36.4 Å². The summed E-state index contributed by atoms with van der Waals surface area (Å²) in [5.74, 6) is 1.21. The highest BCUT2D eigenvalue weighted by atomic mass is 79.9. The number of anilines is 1. The zero-order valence-corrected chi connectivity index (χ0v) is 15.4. The fourth-order valence-electron chi connectivity index (χ4n) is 2.62. The average Bonchev–Trinajstić information content (AvgIpc) is 3.15. The van der Waals surface area contributed by atoms with Crippen LogP contribution in [0.3, 0.4) is 0 Å². The van der Waals surface area contributed by atoms with Crippen LogP contribution in [0.15, 0.2) is 63.9 Å². The Balaban J connectivity index is 1.54. The zero-order valence-electron chi connectivity index (χ0n) is 13.8. The molecule has 0 bridgehead atoms. The predicted molar refractivity (Wildman–Crippen MR) is 103 cm³/mol. The van der Waals surface area contributed by atoms with Crippen molar-refractivity contribution in [3.05, 3.63) is 75.2 Å². The van der Waals surface area contributed by atoms with E-state index < -0.39 is 4.92 Å². The largest absolute Gasteiger partial charge is 0.362 e. The van der Waals surface area contributed by atoms with Gasteiger partial charge in [0.05, 0.1) is 17.0 Å². The molecule has 4 rings (SSSR count). The van der Waals surface area contributed by atoms with Gasteiger partial charge in [-0.1, -0.05) is 33.2 Å². The van der Waals surface area contributed by atoms with E-state index in [1.54, 1.807) is 6.07 Å². The second-order valence-electron chi connectivity index (χ2n) is 5.72. The van der Waals surface area contributed by atoms with Crippen LogP contribution in [0.25, 0.3) is 22.2 Å². The fraction of sp³-hybridized carbons (Fsp3) is 0.0556. The molecule has 2 aromatic carbocycles. The van der Waals surface area contributed by atoms with Gasteiger partial charge < -0.3 is 9.84 Å². The summed E-state index contributed by atoms with van der Waals surface area (Å²) in [7, 11) is 0. The number of non-ortho nitro benzene ring substituents is 1. The van der Waals surface area contributed by atoms with Crippen molar-refractivity contribution < 1.29 is 9.45 Å². The monoisotopic (exact) mass is 425 g/mol. The number of fused-ring (bicyclic) bond motifs is 1. The van der Waals surface area contributed by atoms with Gasteiger partial charge in [-0.3, -0.25) is 10.1 Å². The van der Waals surface area contributed by atoms with Crippen molar-refractivity contribution in [2.24, 2.45) is 0 Å². The average molecular weight is 426 g/mol. The summed E-state index contributed by atoms with van der Waals surface area (Å²) in [4.78, 5) is 18.8. The molecule has 4 aromatic rings. The number of benzene rings is 2. The van der Waals surface area contributed by atoms with Crippen LogP contribution >= 0.6 is 15.9 Å². The minimum atomic E-state index is -0.452. The first-order valence-corrected chi connectivity index (χ1v) is 8.74. The highest BCUT2D eigenvalue weighted by molar-refractivity contribution is 9.10. The van der Waals surface area contributed by atoms with Crippen molar-refractivity contribution in [1.29, 1.82) is 0 Å². The van der Waals surface area contributed by atoms with Crippen LogP contribution in [-0.4, -0.2) is 20.0 Å². The summed E-state index contributed by atoms with van der Waals surface area (Å²) in [6.07, 6.45) is 1.36. The van der Waals surface area contributed by atoms with Crippen molar-refractivity contribution in [2.75, 3.05) is 5.32 Å². The lowest BCUT2D eigenvalue weighted by Gasteiger charge is -2.06. The summed E-state index contributed by atoms with van der Waals surface area (Å²) in [6.45, 7) is 0.368. The van der Waals surface area contributed by atoms with E-state index in [0.29, 0.717) is 29.0 Å². The van der Waals surface area contributed by atoms with Gasteiger partial charge in [0, 0.05) is 33.6 Å². The molecule has 8 nitrogen and oxygen atoms in total. The van der Waals surface area contributed by atoms with Gasteiger partial charge in [-0.05, 0) is 18.2 Å². The van der Waals surface area contributed by atoms with Gasteiger partial charge in [0.2, 0.25) is 0 Å². The van der Waals surface area contributed by atoms with E-state index in [1.165, 1.54) is 18.5 Å². The maximum atomic E-state index is 10.9. The van der Waals surface area contributed by atoms with Crippen LogP contribution in [0.4, 0.5) is 11.5 Å². The lowest BCUT2D eigenvalue weighted by atomic mass is 10.1. The van der Waals surface area contributed by atoms with E-state index in [1.807, 2.05) is 30.3 Å². The molecule has 1 N–H and O–H groups in total. The molecule has 0 aliphatic heterocycles. The highest BCUT2D eigenvalue weighted by Gasteiger charge is 2.11. The zero-order chi connectivity index (χ0) is 18.8. The standard InChI is InChI=1S/C18H12BrN5O3/c19-12-3-1-11(2-4-12)16-8-14(27-23-16)9-20-18-15-6-5-13(24(25)26)7-17(15)21-10-22-18/h1-8,10H,9H2,(H,20,21,22). The van der Waals surface area contributed by atoms with Gasteiger partial charge in [-0.2, -0.15) is 0 Å². The Kier molecular flexibility index (Phi) is 4.51. The molecular formula is C18H12BrN5O3. The molecule has 9 heteroatoms. The Morgan fingerprint density at radius 2 is 1.93 bits per heavy atom. The van der Waals surface area contributed by atoms with Gasteiger partial charge in [-0.25, -0.2) is 9.97 Å². The summed E-state index contributed by atoms with van der Waals surface area (Å²) >= 11 is 3.40. The van der Waals surface area contributed by atoms with Crippen molar-refractivity contribution in [3.8, 4) is 11.3 Å². The Hall–Kier alpha value is -3.33. The lowest BCUT2D eigenvalue weighted by Crippen LogP contribution is -2.02. The van der Waals surface area contributed by atoms with Crippen LogP contribution in [0.1, 0.15) is 5.76 Å². The Morgan fingerprint density at radius 3 is 2.70 bits per heavy atom. The van der Waals surface area contributed by atoms with Crippen LogP contribution in [0.2, 0.25) is 0 Å². The van der Waals surface area contributed by atoms with Gasteiger partial charge >= 0.3 is 0 Å². The molecule has 0 radical (unpaired) electrons. The molecule has 0 atom stereocenters. The Labute approximate surface area is 161 Å². The second-order valence-corrected chi connectivity index (χ2v) is 6.64. The first-order chi connectivity index (χ1) is 13.1. The normalized spacial score (nSPS) is 10.9. The molecular weight excluding hydrogens is 414 g/mol. The molecule has 0 aliphatic carbocycles. The van der Waals surface area contributed by atoms with E-state index in [-0.39, 0.29) is 5.69 Å². The number of nitro groups is 1. The maximum absolute atomic E-state index is 10.9. The van der Waals surface area contributed by atoms with Crippen LogP contribution in [0, 0.1) is 10.1 Å². The van der Waals surface area contributed by atoms with Gasteiger partial charge in [-0.15, -0.1) is 0 Å². The summed E-state index contributed by atoms with van der Waals surface area (Å²) < 4.78 is 6.37. The van der Waals surface area contributed by atoms with E-state index in [4.69, 9.17) is 4.52 Å². The first kappa shape index (κ1) is 17.1. The predicted octanol–water partition coefficient (Wildman–Crippen LogP) is 4.57. The third-order valence-electron chi connectivity index (χ3n) is 3.96. The van der Waals surface area contributed by atoms with Gasteiger partial charge in [0.15, 0.2) is 5.76 Å². The number of nitrogens with one attached hydrogen (secondary N) is 1. The number of aromatic nitrogens is 3. The first-order valence-electron chi connectivity index (χ1n) is 7.95. The lowest BCUT2D eigenvalue weighted by molar-refractivity contribution is -0.384. The Morgan fingerprint density at radius 1 is 1.11 bits per heavy atom. The molecule has 0 saturated heterocycles. The number of hydrogen-bond acceptors (Lipinski definition) is 7. The number of hydrogen-bond donors (Lipinski definition) is 1. The molecule has 27 heavy (non-hydrogen) atoms. The minimum Gasteiger partial charge on any atom is -0.362 e. The van der Waals surface area contributed by atoms with Gasteiger partial charge in [0.25, 0.3) is 5.69 Å². The SMILES string of the molecule is O=[N+]([O-])c1ccc2c(NCc3cc(-c4ccc(Br)cc4)no3)ncnc2c1. The van der Waals surface area contributed by atoms with Gasteiger partial charge in [0.1, 0.15) is 17.8 Å². The quantitative estimate of drug-likeness (QED) is 0.368. The number of nitrogens with zero attached hydrogens (tertiary/aromatic N) is 4. The molecule has 0 fully saturated rings. The van der Waals surface area contributed by atoms with Crippen molar-refractivity contribution >= 4 is 38.3 Å².